The summed E-state index contributed by atoms with van der Waals surface area (Å²) in [4.78, 5) is 24.6. The zero-order chi connectivity index (χ0) is 13.4. The van der Waals surface area contributed by atoms with E-state index in [4.69, 9.17) is 4.74 Å². The summed E-state index contributed by atoms with van der Waals surface area (Å²) >= 11 is 0. The summed E-state index contributed by atoms with van der Waals surface area (Å²) in [7, 11) is 0. The highest BCUT2D eigenvalue weighted by atomic mass is 16.5. The van der Waals surface area contributed by atoms with E-state index in [0.29, 0.717) is 25.9 Å². The lowest BCUT2D eigenvalue weighted by Gasteiger charge is -2.29. The number of rotatable bonds is 3. The molecule has 0 bridgehead atoms. The molecule has 104 valence electrons. The third-order valence-corrected chi connectivity index (χ3v) is 4.06. The van der Waals surface area contributed by atoms with E-state index < -0.39 is 5.41 Å². The van der Waals surface area contributed by atoms with Crippen molar-refractivity contribution in [3.05, 3.63) is 0 Å². The standard InChI is InChI=1S/C15H26O3/c1-3-15(14(17)18-4-2)12-10-8-6-5-7-9-11-13(15)16/h3-12H2,1-2H3/t15-/m0/s1. The van der Waals surface area contributed by atoms with Gasteiger partial charge in [-0.15, -0.1) is 0 Å². The van der Waals surface area contributed by atoms with Crippen molar-refractivity contribution < 1.29 is 14.3 Å². The van der Waals surface area contributed by atoms with Crippen LogP contribution in [0.2, 0.25) is 0 Å². The lowest BCUT2D eigenvalue weighted by molar-refractivity contribution is -0.161. The van der Waals surface area contributed by atoms with Crippen LogP contribution >= 0.6 is 0 Å². The highest BCUT2D eigenvalue weighted by Crippen LogP contribution is 2.35. The Labute approximate surface area is 110 Å². The van der Waals surface area contributed by atoms with Gasteiger partial charge in [-0.25, -0.2) is 0 Å². The molecule has 0 aromatic heterocycles. The molecule has 1 saturated carbocycles. The number of carbonyl (C=O) groups excluding carboxylic acids is 2. The predicted molar refractivity (Wildman–Crippen MR) is 71.3 cm³/mol. The Morgan fingerprint density at radius 2 is 1.72 bits per heavy atom. The fraction of sp³-hybridized carbons (Fsp3) is 0.867. The van der Waals surface area contributed by atoms with Crippen molar-refractivity contribution in [3.8, 4) is 0 Å². The predicted octanol–water partition coefficient (Wildman–Crippen LogP) is 3.65. The van der Waals surface area contributed by atoms with Crippen molar-refractivity contribution in [3.63, 3.8) is 0 Å². The molecule has 0 radical (unpaired) electrons. The topological polar surface area (TPSA) is 43.4 Å². The van der Waals surface area contributed by atoms with Crippen molar-refractivity contribution >= 4 is 11.8 Å². The van der Waals surface area contributed by atoms with Crippen LogP contribution < -0.4 is 0 Å². The first-order valence-electron chi connectivity index (χ1n) is 7.38. The first kappa shape index (κ1) is 15.2. The number of hydrogen-bond acceptors (Lipinski definition) is 3. The molecule has 1 fully saturated rings. The van der Waals surface area contributed by atoms with Gasteiger partial charge in [-0.05, 0) is 26.2 Å². The summed E-state index contributed by atoms with van der Waals surface area (Å²) in [5.74, 6) is -0.191. The number of carbonyl (C=O) groups is 2. The van der Waals surface area contributed by atoms with Crippen LogP contribution in [0.25, 0.3) is 0 Å². The van der Waals surface area contributed by atoms with Gasteiger partial charge in [-0.3, -0.25) is 9.59 Å². The number of hydrogen-bond donors (Lipinski definition) is 0. The van der Waals surface area contributed by atoms with Crippen molar-refractivity contribution in [2.45, 2.75) is 71.6 Å². The van der Waals surface area contributed by atoms with E-state index in [1.165, 1.54) is 12.8 Å². The second-order valence-corrected chi connectivity index (χ2v) is 5.20. The normalized spacial score (nSPS) is 26.7. The van der Waals surface area contributed by atoms with Crippen LogP contribution in [0.3, 0.4) is 0 Å². The third-order valence-electron chi connectivity index (χ3n) is 4.06. The molecule has 0 N–H and O–H groups in total. The highest BCUT2D eigenvalue weighted by molar-refractivity contribution is 6.03. The smallest absolute Gasteiger partial charge is 0.319 e. The molecule has 0 heterocycles. The van der Waals surface area contributed by atoms with Crippen LogP contribution in [-0.4, -0.2) is 18.4 Å². The molecule has 0 saturated heterocycles. The van der Waals surface area contributed by atoms with Gasteiger partial charge in [0.05, 0.1) is 6.61 Å². The molecule has 1 rings (SSSR count). The van der Waals surface area contributed by atoms with Crippen LogP contribution in [0.15, 0.2) is 0 Å². The molecule has 0 aliphatic heterocycles. The first-order chi connectivity index (χ1) is 8.67. The van der Waals surface area contributed by atoms with Gasteiger partial charge in [-0.1, -0.05) is 39.0 Å². The molecular formula is C15H26O3. The monoisotopic (exact) mass is 254 g/mol. The minimum absolute atomic E-state index is 0.102. The summed E-state index contributed by atoms with van der Waals surface area (Å²) in [6.07, 6.45) is 8.31. The summed E-state index contributed by atoms with van der Waals surface area (Å²) in [6, 6.07) is 0. The average Bonchev–Trinajstić information content (AvgIpc) is 2.37. The van der Waals surface area contributed by atoms with E-state index in [2.05, 4.69) is 0 Å². The average molecular weight is 254 g/mol. The Hall–Kier alpha value is -0.860. The molecule has 0 amide bonds. The van der Waals surface area contributed by atoms with Gasteiger partial charge in [0.15, 0.2) is 0 Å². The van der Waals surface area contributed by atoms with Gasteiger partial charge in [-0.2, -0.15) is 0 Å². The maximum atomic E-state index is 12.4. The molecule has 1 atom stereocenters. The van der Waals surface area contributed by atoms with Gasteiger partial charge in [0.2, 0.25) is 0 Å². The molecule has 3 nitrogen and oxygen atoms in total. The molecule has 18 heavy (non-hydrogen) atoms. The quantitative estimate of drug-likeness (QED) is 0.570. The maximum Gasteiger partial charge on any atom is 0.319 e. The largest absolute Gasteiger partial charge is 0.465 e. The highest BCUT2D eigenvalue weighted by Gasteiger charge is 2.44. The summed E-state index contributed by atoms with van der Waals surface area (Å²) in [5.41, 5.74) is -0.854. The van der Waals surface area contributed by atoms with Crippen molar-refractivity contribution in [1.29, 1.82) is 0 Å². The second-order valence-electron chi connectivity index (χ2n) is 5.20. The Kier molecular flexibility index (Phi) is 6.37. The number of esters is 1. The number of ether oxygens (including phenoxy) is 1. The van der Waals surface area contributed by atoms with E-state index in [1.807, 2.05) is 6.92 Å². The lowest BCUT2D eigenvalue weighted by Crippen LogP contribution is -2.40. The molecule has 0 aromatic rings. The summed E-state index contributed by atoms with van der Waals surface area (Å²) < 4.78 is 5.15. The molecule has 1 aliphatic carbocycles. The SMILES string of the molecule is CCOC(=O)[C@@]1(CC)CCCCCCCCC1=O. The van der Waals surface area contributed by atoms with Gasteiger partial charge in [0.25, 0.3) is 0 Å². The summed E-state index contributed by atoms with van der Waals surface area (Å²) in [6.45, 7) is 4.08. The Balaban J connectivity index is 2.85. The van der Waals surface area contributed by atoms with Gasteiger partial charge in [0, 0.05) is 6.42 Å². The Bertz CT molecular complexity index is 285. The minimum Gasteiger partial charge on any atom is -0.465 e. The molecule has 0 unspecified atom stereocenters. The third kappa shape index (κ3) is 3.56. The van der Waals surface area contributed by atoms with E-state index in [1.54, 1.807) is 6.92 Å². The van der Waals surface area contributed by atoms with Crippen LogP contribution in [0.5, 0.6) is 0 Å². The van der Waals surface area contributed by atoms with E-state index in [-0.39, 0.29) is 11.8 Å². The van der Waals surface area contributed by atoms with E-state index >= 15 is 0 Å². The number of ketones is 1. The van der Waals surface area contributed by atoms with Gasteiger partial charge >= 0.3 is 5.97 Å². The molecule has 1 aliphatic rings. The van der Waals surface area contributed by atoms with Gasteiger partial charge < -0.3 is 4.74 Å². The molecule has 0 spiro atoms. The van der Waals surface area contributed by atoms with Crippen molar-refractivity contribution in [1.82, 2.24) is 0 Å². The molecule has 3 heteroatoms. The maximum absolute atomic E-state index is 12.4. The zero-order valence-electron chi connectivity index (χ0n) is 11.8. The Morgan fingerprint density at radius 3 is 2.33 bits per heavy atom. The second kappa shape index (κ2) is 7.55. The van der Waals surface area contributed by atoms with Crippen LogP contribution in [-0.2, 0) is 14.3 Å². The molecule has 0 aromatic carbocycles. The first-order valence-corrected chi connectivity index (χ1v) is 7.38. The summed E-state index contributed by atoms with van der Waals surface area (Å²) in [5, 5.41) is 0. The van der Waals surface area contributed by atoms with E-state index in [9.17, 15) is 9.59 Å². The van der Waals surface area contributed by atoms with Gasteiger partial charge in [0.1, 0.15) is 11.2 Å². The fourth-order valence-corrected chi connectivity index (χ4v) is 2.80. The van der Waals surface area contributed by atoms with E-state index in [0.717, 1.165) is 25.7 Å². The molecular weight excluding hydrogens is 228 g/mol. The Morgan fingerprint density at radius 1 is 1.11 bits per heavy atom. The van der Waals surface area contributed by atoms with Crippen molar-refractivity contribution in [2.24, 2.45) is 5.41 Å². The minimum atomic E-state index is -0.854. The number of Topliss-reactive ketones (excluding diaryl/α,β-unsaturated/α-hetero) is 1. The van der Waals surface area contributed by atoms with Crippen LogP contribution in [0.4, 0.5) is 0 Å². The lowest BCUT2D eigenvalue weighted by atomic mass is 9.74. The fourth-order valence-electron chi connectivity index (χ4n) is 2.80. The zero-order valence-corrected chi connectivity index (χ0v) is 11.8. The van der Waals surface area contributed by atoms with Crippen LogP contribution in [0.1, 0.15) is 71.6 Å². The van der Waals surface area contributed by atoms with Crippen molar-refractivity contribution in [2.75, 3.05) is 6.61 Å². The van der Waals surface area contributed by atoms with Crippen LogP contribution in [0, 0.1) is 5.41 Å².